The highest BCUT2D eigenvalue weighted by molar-refractivity contribution is 5.85. The van der Waals surface area contributed by atoms with Gasteiger partial charge in [-0.25, -0.2) is 0 Å². The predicted molar refractivity (Wildman–Crippen MR) is 64.8 cm³/mol. The van der Waals surface area contributed by atoms with Gasteiger partial charge in [-0.2, -0.15) is 0 Å². The SMILES string of the molecule is CN(C)C(=O)[C@@H]1CCO[C@@H]2CCNC[C@H]21.Cl. The number of hydrogen-bond donors (Lipinski definition) is 1. The summed E-state index contributed by atoms with van der Waals surface area (Å²) in [5.41, 5.74) is 0. The van der Waals surface area contributed by atoms with Crippen LogP contribution >= 0.6 is 12.4 Å². The smallest absolute Gasteiger partial charge is 0.225 e. The largest absolute Gasteiger partial charge is 0.378 e. The molecular weight excluding hydrogens is 228 g/mol. The molecule has 0 aliphatic carbocycles. The fraction of sp³-hybridized carbons (Fsp3) is 0.909. The van der Waals surface area contributed by atoms with Crippen molar-refractivity contribution < 1.29 is 9.53 Å². The number of hydrogen-bond acceptors (Lipinski definition) is 3. The Kier molecular flexibility index (Phi) is 5.02. The third-order valence-corrected chi connectivity index (χ3v) is 3.50. The molecule has 2 aliphatic heterocycles. The lowest BCUT2D eigenvalue weighted by molar-refractivity contribution is -0.145. The molecule has 2 heterocycles. The summed E-state index contributed by atoms with van der Waals surface area (Å²) >= 11 is 0. The van der Waals surface area contributed by atoms with E-state index in [1.807, 2.05) is 14.1 Å². The minimum atomic E-state index is 0. The number of amides is 1. The van der Waals surface area contributed by atoms with E-state index in [1.165, 1.54) is 0 Å². The Morgan fingerprint density at radius 2 is 2.12 bits per heavy atom. The molecule has 5 heteroatoms. The summed E-state index contributed by atoms with van der Waals surface area (Å²) in [5.74, 6) is 0.797. The van der Waals surface area contributed by atoms with Crippen LogP contribution in [-0.2, 0) is 9.53 Å². The third-order valence-electron chi connectivity index (χ3n) is 3.50. The van der Waals surface area contributed by atoms with Gasteiger partial charge in [-0.3, -0.25) is 4.79 Å². The first-order valence-corrected chi connectivity index (χ1v) is 5.73. The van der Waals surface area contributed by atoms with Gasteiger partial charge in [0.1, 0.15) is 0 Å². The van der Waals surface area contributed by atoms with E-state index in [2.05, 4.69) is 5.32 Å². The van der Waals surface area contributed by atoms with E-state index in [0.29, 0.717) is 12.0 Å². The molecule has 0 spiro atoms. The van der Waals surface area contributed by atoms with Gasteiger partial charge in [0.05, 0.1) is 6.10 Å². The summed E-state index contributed by atoms with van der Waals surface area (Å²) in [6.07, 6.45) is 2.22. The van der Waals surface area contributed by atoms with Crippen molar-refractivity contribution in [3.05, 3.63) is 0 Å². The lowest BCUT2D eigenvalue weighted by Crippen LogP contribution is -2.51. The highest BCUT2D eigenvalue weighted by Crippen LogP contribution is 2.31. The van der Waals surface area contributed by atoms with Crippen molar-refractivity contribution in [3.63, 3.8) is 0 Å². The first kappa shape index (κ1) is 13.7. The monoisotopic (exact) mass is 248 g/mol. The highest BCUT2D eigenvalue weighted by Gasteiger charge is 2.39. The predicted octanol–water partition coefficient (Wildman–Crippen LogP) is 0.511. The van der Waals surface area contributed by atoms with Gasteiger partial charge in [0.2, 0.25) is 5.91 Å². The molecule has 0 aromatic rings. The molecule has 4 nitrogen and oxygen atoms in total. The number of carbonyl (C=O) groups excluding carboxylic acids is 1. The van der Waals surface area contributed by atoms with E-state index in [4.69, 9.17) is 4.74 Å². The molecule has 2 rings (SSSR count). The molecule has 3 atom stereocenters. The molecule has 0 unspecified atom stereocenters. The molecule has 2 saturated heterocycles. The Morgan fingerprint density at radius 1 is 1.38 bits per heavy atom. The zero-order valence-corrected chi connectivity index (χ0v) is 10.8. The Balaban J connectivity index is 0.00000128. The third kappa shape index (κ3) is 2.67. The fourth-order valence-corrected chi connectivity index (χ4v) is 2.67. The number of piperidine rings is 1. The summed E-state index contributed by atoms with van der Waals surface area (Å²) < 4.78 is 5.73. The maximum Gasteiger partial charge on any atom is 0.225 e. The summed E-state index contributed by atoms with van der Waals surface area (Å²) in [5, 5.41) is 3.36. The second kappa shape index (κ2) is 5.84. The van der Waals surface area contributed by atoms with Crippen LogP contribution in [0.3, 0.4) is 0 Å². The zero-order valence-electron chi connectivity index (χ0n) is 9.94. The van der Waals surface area contributed by atoms with Crippen LogP contribution in [0.2, 0.25) is 0 Å². The summed E-state index contributed by atoms with van der Waals surface area (Å²) in [7, 11) is 3.67. The number of fused-ring (bicyclic) bond motifs is 1. The van der Waals surface area contributed by atoms with Crippen molar-refractivity contribution in [3.8, 4) is 0 Å². The van der Waals surface area contributed by atoms with Crippen LogP contribution in [0.5, 0.6) is 0 Å². The van der Waals surface area contributed by atoms with Gasteiger partial charge >= 0.3 is 0 Å². The standard InChI is InChI=1S/C11H20N2O2.ClH/c1-13(2)11(14)8-4-6-15-10-3-5-12-7-9(8)10;/h8-10,12H,3-7H2,1-2H3;1H/t8-,9+,10-;/m1./s1. The number of nitrogens with one attached hydrogen (secondary N) is 1. The Bertz CT molecular complexity index is 246. The minimum Gasteiger partial charge on any atom is -0.378 e. The minimum absolute atomic E-state index is 0. The molecule has 0 bridgehead atoms. The molecule has 1 amide bonds. The van der Waals surface area contributed by atoms with Crippen LogP contribution in [0.15, 0.2) is 0 Å². The van der Waals surface area contributed by atoms with E-state index >= 15 is 0 Å². The van der Waals surface area contributed by atoms with Crippen LogP contribution in [0.4, 0.5) is 0 Å². The lowest BCUT2D eigenvalue weighted by Gasteiger charge is -2.41. The summed E-state index contributed by atoms with van der Waals surface area (Å²) in [6, 6.07) is 0. The maximum atomic E-state index is 12.0. The van der Waals surface area contributed by atoms with Crippen molar-refractivity contribution in [2.24, 2.45) is 11.8 Å². The van der Waals surface area contributed by atoms with Crippen LogP contribution in [-0.4, -0.2) is 50.7 Å². The van der Waals surface area contributed by atoms with E-state index in [-0.39, 0.29) is 24.2 Å². The number of rotatable bonds is 1. The Morgan fingerprint density at radius 3 is 2.81 bits per heavy atom. The molecule has 0 saturated carbocycles. The number of ether oxygens (including phenoxy) is 1. The van der Waals surface area contributed by atoms with Gasteiger partial charge < -0.3 is 15.0 Å². The molecule has 16 heavy (non-hydrogen) atoms. The number of halogens is 1. The second-order valence-electron chi connectivity index (χ2n) is 4.69. The van der Waals surface area contributed by atoms with Crippen LogP contribution in [0.25, 0.3) is 0 Å². The van der Waals surface area contributed by atoms with E-state index in [9.17, 15) is 4.79 Å². The highest BCUT2D eigenvalue weighted by atomic mass is 35.5. The van der Waals surface area contributed by atoms with Crippen molar-refractivity contribution in [1.29, 1.82) is 0 Å². The van der Waals surface area contributed by atoms with Gasteiger partial charge in [-0.15, -0.1) is 12.4 Å². The number of carbonyl (C=O) groups is 1. The topological polar surface area (TPSA) is 41.6 Å². The van der Waals surface area contributed by atoms with Crippen molar-refractivity contribution in [2.75, 3.05) is 33.8 Å². The molecule has 2 aliphatic rings. The van der Waals surface area contributed by atoms with Crippen molar-refractivity contribution in [2.45, 2.75) is 18.9 Å². The van der Waals surface area contributed by atoms with Gasteiger partial charge in [0.15, 0.2) is 0 Å². The molecule has 2 fully saturated rings. The van der Waals surface area contributed by atoms with Crippen LogP contribution < -0.4 is 5.32 Å². The van der Waals surface area contributed by atoms with Crippen LogP contribution in [0, 0.1) is 11.8 Å². The summed E-state index contributed by atoms with van der Waals surface area (Å²) in [6.45, 7) is 2.68. The van der Waals surface area contributed by atoms with E-state index < -0.39 is 0 Å². The average molecular weight is 249 g/mol. The number of nitrogens with zero attached hydrogens (tertiary/aromatic N) is 1. The van der Waals surface area contributed by atoms with Gasteiger partial charge in [0.25, 0.3) is 0 Å². The molecule has 0 radical (unpaired) electrons. The second-order valence-corrected chi connectivity index (χ2v) is 4.69. The lowest BCUT2D eigenvalue weighted by atomic mass is 9.79. The Labute approximate surface area is 103 Å². The zero-order chi connectivity index (χ0) is 10.8. The van der Waals surface area contributed by atoms with E-state index in [1.54, 1.807) is 4.90 Å². The van der Waals surface area contributed by atoms with Crippen molar-refractivity contribution in [1.82, 2.24) is 10.2 Å². The Hall–Kier alpha value is -0.320. The van der Waals surface area contributed by atoms with Crippen LogP contribution in [0.1, 0.15) is 12.8 Å². The van der Waals surface area contributed by atoms with Gasteiger partial charge in [0, 0.05) is 39.1 Å². The van der Waals surface area contributed by atoms with Gasteiger partial charge in [-0.05, 0) is 19.4 Å². The van der Waals surface area contributed by atoms with Gasteiger partial charge in [-0.1, -0.05) is 0 Å². The first-order chi connectivity index (χ1) is 7.20. The molecule has 0 aromatic carbocycles. The molecular formula is C11H21ClN2O2. The quantitative estimate of drug-likeness (QED) is 0.735. The maximum absolute atomic E-state index is 12.0. The fourth-order valence-electron chi connectivity index (χ4n) is 2.67. The molecule has 0 aromatic heterocycles. The molecule has 94 valence electrons. The molecule has 1 N–H and O–H groups in total. The van der Waals surface area contributed by atoms with Crippen molar-refractivity contribution >= 4 is 18.3 Å². The summed E-state index contributed by atoms with van der Waals surface area (Å²) in [4.78, 5) is 13.7. The van der Waals surface area contributed by atoms with E-state index in [0.717, 1.165) is 32.5 Å². The average Bonchev–Trinajstić information content (AvgIpc) is 2.27. The normalized spacial score (nSPS) is 33.5. The first-order valence-electron chi connectivity index (χ1n) is 5.73.